The van der Waals surface area contributed by atoms with Gasteiger partial charge in [0, 0.05) is 5.02 Å². The summed E-state index contributed by atoms with van der Waals surface area (Å²) < 4.78 is 5.19. The van der Waals surface area contributed by atoms with Crippen LogP contribution in [0.2, 0.25) is 5.02 Å². The number of halogens is 1. The summed E-state index contributed by atoms with van der Waals surface area (Å²) in [7, 11) is 0. The highest BCUT2D eigenvalue weighted by molar-refractivity contribution is 6.30. The molecule has 14 heavy (non-hydrogen) atoms. The standard InChI is InChI=1S/C10H10ClNO2/c11-8-3-1-7(2-4-8)9-6-14-10(5-13)12-9/h1-5,9-10,12H,6H2. The lowest BCUT2D eigenvalue weighted by Crippen LogP contribution is -2.26. The summed E-state index contributed by atoms with van der Waals surface area (Å²) in [6.45, 7) is 0.519. The third-order valence-electron chi connectivity index (χ3n) is 2.20. The number of benzene rings is 1. The molecule has 1 heterocycles. The van der Waals surface area contributed by atoms with Crippen LogP contribution in [0.4, 0.5) is 0 Å². The lowest BCUT2D eigenvalue weighted by atomic mass is 10.1. The lowest BCUT2D eigenvalue weighted by Gasteiger charge is -2.08. The van der Waals surface area contributed by atoms with E-state index >= 15 is 0 Å². The number of rotatable bonds is 2. The largest absolute Gasteiger partial charge is 0.354 e. The van der Waals surface area contributed by atoms with Gasteiger partial charge in [-0.1, -0.05) is 23.7 Å². The highest BCUT2D eigenvalue weighted by atomic mass is 35.5. The predicted octanol–water partition coefficient (Wildman–Crippen LogP) is 1.53. The lowest BCUT2D eigenvalue weighted by molar-refractivity contribution is -0.116. The van der Waals surface area contributed by atoms with Crippen LogP contribution in [0.5, 0.6) is 0 Å². The smallest absolute Gasteiger partial charge is 0.165 e. The van der Waals surface area contributed by atoms with E-state index in [9.17, 15) is 4.79 Å². The zero-order valence-corrected chi connectivity index (χ0v) is 8.20. The maximum Gasteiger partial charge on any atom is 0.165 e. The number of carbonyl (C=O) groups excluding carboxylic acids is 1. The number of hydrogen-bond acceptors (Lipinski definition) is 3. The van der Waals surface area contributed by atoms with Crippen molar-refractivity contribution in [1.29, 1.82) is 0 Å². The van der Waals surface area contributed by atoms with Crippen LogP contribution in [0, 0.1) is 0 Å². The molecule has 0 aliphatic carbocycles. The van der Waals surface area contributed by atoms with Crippen LogP contribution in [0.3, 0.4) is 0 Å². The third-order valence-corrected chi connectivity index (χ3v) is 2.46. The zero-order valence-electron chi connectivity index (χ0n) is 7.44. The van der Waals surface area contributed by atoms with E-state index < -0.39 is 6.23 Å². The maximum atomic E-state index is 10.4. The van der Waals surface area contributed by atoms with Gasteiger partial charge in [-0.25, -0.2) is 0 Å². The number of carbonyl (C=O) groups is 1. The molecular formula is C10H10ClNO2. The average Bonchev–Trinajstić information content (AvgIpc) is 2.67. The van der Waals surface area contributed by atoms with Gasteiger partial charge < -0.3 is 4.74 Å². The van der Waals surface area contributed by atoms with Crippen LogP contribution in [-0.2, 0) is 9.53 Å². The monoisotopic (exact) mass is 211 g/mol. The fourth-order valence-electron chi connectivity index (χ4n) is 1.46. The maximum absolute atomic E-state index is 10.4. The minimum Gasteiger partial charge on any atom is -0.354 e. The van der Waals surface area contributed by atoms with Crippen LogP contribution in [0.15, 0.2) is 24.3 Å². The molecule has 1 aliphatic rings. The van der Waals surface area contributed by atoms with Gasteiger partial charge in [-0.2, -0.15) is 0 Å². The number of nitrogens with one attached hydrogen (secondary N) is 1. The van der Waals surface area contributed by atoms with Crippen molar-refractivity contribution < 1.29 is 9.53 Å². The molecule has 1 aromatic rings. The minimum atomic E-state index is -0.476. The van der Waals surface area contributed by atoms with Gasteiger partial charge in [-0.3, -0.25) is 10.1 Å². The van der Waals surface area contributed by atoms with Crippen LogP contribution >= 0.6 is 11.6 Å². The van der Waals surface area contributed by atoms with Crippen molar-refractivity contribution >= 4 is 17.9 Å². The first-order valence-corrected chi connectivity index (χ1v) is 4.76. The van der Waals surface area contributed by atoms with Gasteiger partial charge in [0.25, 0.3) is 0 Å². The average molecular weight is 212 g/mol. The second-order valence-corrected chi connectivity index (χ2v) is 3.60. The summed E-state index contributed by atoms with van der Waals surface area (Å²) in [6.07, 6.45) is 0.284. The molecule has 2 unspecified atom stereocenters. The number of aldehydes is 1. The first-order valence-electron chi connectivity index (χ1n) is 4.38. The van der Waals surface area contributed by atoms with Crippen molar-refractivity contribution in [3.8, 4) is 0 Å². The number of hydrogen-bond donors (Lipinski definition) is 1. The Labute approximate surface area is 87.0 Å². The molecule has 2 atom stereocenters. The molecule has 0 radical (unpaired) electrons. The van der Waals surface area contributed by atoms with Crippen molar-refractivity contribution in [2.24, 2.45) is 0 Å². The Bertz CT molecular complexity index is 325. The minimum absolute atomic E-state index is 0.0856. The van der Waals surface area contributed by atoms with Gasteiger partial charge in [0.05, 0.1) is 12.6 Å². The first-order chi connectivity index (χ1) is 6.79. The van der Waals surface area contributed by atoms with E-state index in [0.717, 1.165) is 11.8 Å². The molecule has 0 amide bonds. The molecule has 1 aliphatic heterocycles. The molecular weight excluding hydrogens is 202 g/mol. The van der Waals surface area contributed by atoms with E-state index in [1.54, 1.807) is 0 Å². The van der Waals surface area contributed by atoms with Gasteiger partial charge >= 0.3 is 0 Å². The Balaban J connectivity index is 2.09. The SMILES string of the molecule is O=CC1NC(c2ccc(Cl)cc2)CO1. The van der Waals surface area contributed by atoms with E-state index in [2.05, 4.69) is 5.32 Å². The molecule has 1 saturated heterocycles. The molecule has 1 N–H and O–H groups in total. The number of ether oxygens (including phenoxy) is 1. The zero-order chi connectivity index (χ0) is 9.97. The molecule has 74 valence electrons. The highest BCUT2D eigenvalue weighted by Gasteiger charge is 2.24. The molecule has 3 nitrogen and oxygen atoms in total. The summed E-state index contributed by atoms with van der Waals surface area (Å²) in [4.78, 5) is 10.4. The van der Waals surface area contributed by atoms with Crippen molar-refractivity contribution in [3.63, 3.8) is 0 Å². The molecule has 0 saturated carbocycles. The van der Waals surface area contributed by atoms with Crippen molar-refractivity contribution in [2.75, 3.05) is 6.61 Å². The van der Waals surface area contributed by atoms with E-state index in [-0.39, 0.29) is 6.04 Å². The summed E-state index contributed by atoms with van der Waals surface area (Å²) >= 11 is 5.77. The predicted molar refractivity (Wildman–Crippen MR) is 53.1 cm³/mol. The Hall–Kier alpha value is -0.900. The second kappa shape index (κ2) is 4.09. The van der Waals surface area contributed by atoms with E-state index in [0.29, 0.717) is 11.6 Å². The van der Waals surface area contributed by atoms with Gasteiger partial charge in [0.15, 0.2) is 12.5 Å². The second-order valence-electron chi connectivity index (χ2n) is 3.16. The molecule has 1 fully saturated rings. The molecule has 0 spiro atoms. The Kier molecular flexibility index (Phi) is 2.82. The van der Waals surface area contributed by atoms with Gasteiger partial charge in [-0.05, 0) is 17.7 Å². The van der Waals surface area contributed by atoms with E-state index in [1.807, 2.05) is 24.3 Å². The molecule has 0 aromatic heterocycles. The van der Waals surface area contributed by atoms with Crippen molar-refractivity contribution in [2.45, 2.75) is 12.3 Å². The Morgan fingerprint density at radius 3 is 2.71 bits per heavy atom. The van der Waals surface area contributed by atoms with Gasteiger partial charge in [-0.15, -0.1) is 0 Å². The van der Waals surface area contributed by atoms with Crippen LogP contribution in [0.25, 0.3) is 0 Å². The van der Waals surface area contributed by atoms with Crippen LogP contribution in [-0.4, -0.2) is 19.1 Å². The summed E-state index contributed by atoms with van der Waals surface area (Å²) in [5, 5.41) is 3.75. The summed E-state index contributed by atoms with van der Waals surface area (Å²) in [6, 6.07) is 7.59. The summed E-state index contributed by atoms with van der Waals surface area (Å²) in [5.74, 6) is 0. The van der Waals surface area contributed by atoms with Crippen molar-refractivity contribution in [3.05, 3.63) is 34.9 Å². The fourth-order valence-corrected chi connectivity index (χ4v) is 1.59. The first kappa shape index (κ1) is 9.65. The quantitative estimate of drug-likeness (QED) is 0.754. The summed E-state index contributed by atoms with van der Waals surface area (Å²) in [5.41, 5.74) is 1.08. The molecule has 1 aromatic carbocycles. The van der Waals surface area contributed by atoms with Gasteiger partial charge in [0.2, 0.25) is 0 Å². The van der Waals surface area contributed by atoms with Crippen LogP contribution < -0.4 is 5.32 Å². The third kappa shape index (κ3) is 1.95. The molecule has 2 rings (SSSR count). The van der Waals surface area contributed by atoms with Crippen LogP contribution in [0.1, 0.15) is 11.6 Å². The fraction of sp³-hybridized carbons (Fsp3) is 0.300. The normalized spacial score (nSPS) is 26.4. The highest BCUT2D eigenvalue weighted by Crippen LogP contribution is 2.20. The topological polar surface area (TPSA) is 38.3 Å². The Morgan fingerprint density at radius 2 is 2.14 bits per heavy atom. The van der Waals surface area contributed by atoms with E-state index in [4.69, 9.17) is 16.3 Å². The molecule has 0 bridgehead atoms. The molecule has 4 heteroatoms. The Morgan fingerprint density at radius 1 is 1.43 bits per heavy atom. The van der Waals surface area contributed by atoms with Crippen molar-refractivity contribution in [1.82, 2.24) is 5.32 Å². The van der Waals surface area contributed by atoms with E-state index in [1.165, 1.54) is 0 Å². The van der Waals surface area contributed by atoms with Gasteiger partial charge in [0.1, 0.15) is 0 Å².